The molecule has 24 heavy (non-hydrogen) atoms. The van der Waals surface area contributed by atoms with Gasteiger partial charge in [-0.25, -0.2) is 4.98 Å². The summed E-state index contributed by atoms with van der Waals surface area (Å²) in [4.78, 5) is 16.8. The van der Waals surface area contributed by atoms with E-state index in [1.165, 1.54) is 0 Å². The number of hydrogen-bond acceptors (Lipinski definition) is 3. The number of fused-ring (bicyclic) bond motifs is 1. The lowest BCUT2D eigenvalue weighted by molar-refractivity contribution is 0.0951. The Hall–Kier alpha value is -2.82. The molecule has 0 unspecified atom stereocenters. The number of imidazole rings is 1. The summed E-state index contributed by atoms with van der Waals surface area (Å²) in [5.41, 5.74) is 3.81. The number of methoxy groups -OCH3 is 1. The topological polar surface area (TPSA) is 56.1 Å². The van der Waals surface area contributed by atoms with Gasteiger partial charge in [-0.1, -0.05) is 18.2 Å². The van der Waals surface area contributed by atoms with Gasteiger partial charge in [0, 0.05) is 13.6 Å². The molecule has 0 aliphatic heterocycles. The van der Waals surface area contributed by atoms with Gasteiger partial charge in [-0.05, 0) is 43.2 Å². The summed E-state index contributed by atoms with van der Waals surface area (Å²) < 4.78 is 7.29. The van der Waals surface area contributed by atoms with Crippen LogP contribution in [0.1, 0.15) is 21.7 Å². The second-order valence-corrected chi connectivity index (χ2v) is 5.75. The van der Waals surface area contributed by atoms with Crippen molar-refractivity contribution in [1.29, 1.82) is 0 Å². The molecule has 0 aliphatic carbocycles. The van der Waals surface area contributed by atoms with Crippen LogP contribution in [0.25, 0.3) is 11.0 Å². The highest BCUT2D eigenvalue weighted by Gasteiger charge is 2.11. The number of aromatic nitrogens is 2. The maximum atomic E-state index is 12.3. The van der Waals surface area contributed by atoms with E-state index in [1.807, 2.05) is 26.1 Å². The molecular formula is C19H21N3O2. The maximum Gasteiger partial charge on any atom is 0.255 e. The molecule has 0 atom stereocenters. The molecule has 3 aromatic rings. The zero-order valence-corrected chi connectivity index (χ0v) is 14.2. The molecular weight excluding hydrogens is 302 g/mol. The fourth-order valence-corrected chi connectivity index (χ4v) is 2.77. The van der Waals surface area contributed by atoms with E-state index in [4.69, 9.17) is 4.74 Å². The molecule has 0 radical (unpaired) electrons. The Kier molecular flexibility index (Phi) is 4.51. The molecule has 5 heteroatoms. The highest BCUT2D eigenvalue weighted by molar-refractivity contribution is 5.96. The average Bonchev–Trinajstić information content (AvgIpc) is 2.88. The van der Waals surface area contributed by atoms with Crippen molar-refractivity contribution in [2.45, 2.75) is 13.3 Å². The molecule has 1 aromatic heterocycles. The van der Waals surface area contributed by atoms with Crippen molar-refractivity contribution in [2.24, 2.45) is 7.05 Å². The fourth-order valence-electron chi connectivity index (χ4n) is 2.77. The molecule has 0 saturated carbocycles. The fraction of sp³-hybridized carbons (Fsp3) is 0.263. The van der Waals surface area contributed by atoms with Crippen molar-refractivity contribution in [3.63, 3.8) is 0 Å². The number of para-hydroxylation sites is 1. The third-order valence-corrected chi connectivity index (χ3v) is 4.22. The number of rotatable bonds is 5. The van der Waals surface area contributed by atoms with Gasteiger partial charge < -0.3 is 14.6 Å². The van der Waals surface area contributed by atoms with E-state index < -0.39 is 0 Å². The summed E-state index contributed by atoms with van der Waals surface area (Å²) in [7, 11) is 3.58. The van der Waals surface area contributed by atoms with E-state index in [1.54, 1.807) is 19.2 Å². The van der Waals surface area contributed by atoms with E-state index in [-0.39, 0.29) is 5.91 Å². The van der Waals surface area contributed by atoms with E-state index in [2.05, 4.69) is 33.1 Å². The lowest BCUT2D eigenvalue weighted by Gasteiger charge is -2.09. The smallest absolute Gasteiger partial charge is 0.255 e. The molecule has 1 N–H and O–H groups in total. The molecule has 0 spiro atoms. The number of nitrogens with one attached hydrogen (secondary N) is 1. The van der Waals surface area contributed by atoms with Gasteiger partial charge in [0.1, 0.15) is 11.6 Å². The first-order chi connectivity index (χ1) is 11.6. The van der Waals surface area contributed by atoms with Gasteiger partial charge >= 0.3 is 0 Å². The number of ether oxygens (including phenoxy) is 1. The summed E-state index contributed by atoms with van der Waals surface area (Å²) in [6, 6.07) is 13.5. The molecule has 124 valence electrons. The van der Waals surface area contributed by atoms with Crippen molar-refractivity contribution in [3.8, 4) is 5.75 Å². The highest BCUT2D eigenvalue weighted by atomic mass is 16.5. The number of carbonyl (C=O) groups is 1. The van der Waals surface area contributed by atoms with Crippen LogP contribution in [0, 0.1) is 6.92 Å². The van der Waals surface area contributed by atoms with Crippen molar-refractivity contribution in [3.05, 3.63) is 59.4 Å². The molecule has 0 saturated heterocycles. The number of benzene rings is 2. The number of amides is 1. The minimum absolute atomic E-state index is 0.123. The third kappa shape index (κ3) is 3.11. The Morgan fingerprint density at radius 2 is 2.04 bits per heavy atom. The molecule has 1 heterocycles. The van der Waals surface area contributed by atoms with Gasteiger partial charge in [-0.3, -0.25) is 4.79 Å². The van der Waals surface area contributed by atoms with Crippen LogP contribution >= 0.6 is 0 Å². The zero-order valence-electron chi connectivity index (χ0n) is 14.2. The van der Waals surface area contributed by atoms with Crippen LogP contribution < -0.4 is 10.1 Å². The molecule has 5 nitrogen and oxygen atoms in total. The van der Waals surface area contributed by atoms with Gasteiger partial charge in [0.05, 0.1) is 23.7 Å². The highest BCUT2D eigenvalue weighted by Crippen LogP contribution is 2.18. The third-order valence-electron chi connectivity index (χ3n) is 4.22. The van der Waals surface area contributed by atoms with Crippen molar-refractivity contribution >= 4 is 16.9 Å². The van der Waals surface area contributed by atoms with Crippen LogP contribution in [0.15, 0.2) is 42.5 Å². The summed E-state index contributed by atoms with van der Waals surface area (Å²) in [6.45, 7) is 2.56. The van der Waals surface area contributed by atoms with Crippen LogP contribution in [0.5, 0.6) is 5.75 Å². The molecule has 1 amide bonds. The first kappa shape index (κ1) is 16.1. The Balaban J connectivity index is 1.65. The summed E-state index contributed by atoms with van der Waals surface area (Å²) in [6.07, 6.45) is 0.756. The number of hydrogen-bond donors (Lipinski definition) is 1. The van der Waals surface area contributed by atoms with Crippen LogP contribution in [0.3, 0.4) is 0 Å². The van der Waals surface area contributed by atoms with Crippen molar-refractivity contribution in [1.82, 2.24) is 14.9 Å². The van der Waals surface area contributed by atoms with Crippen LogP contribution in [0.2, 0.25) is 0 Å². The Morgan fingerprint density at radius 1 is 1.25 bits per heavy atom. The second kappa shape index (κ2) is 6.74. The second-order valence-electron chi connectivity index (χ2n) is 5.75. The average molecular weight is 323 g/mol. The molecule has 0 bridgehead atoms. The van der Waals surface area contributed by atoms with Gasteiger partial charge in [0.25, 0.3) is 5.91 Å². The first-order valence-corrected chi connectivity index (χ1v) is 7.93. The van der Waals surface area contributed by atoms with Crippen molar-refractivity contribution < 1.29 is 9.53 Å². The number of carbonyl (C=O) groups excluding carboxylic acids is 1. The molecule has 0 aliphatic rings. The van der Waals surface area contributed by atoms with E-state index in [9.17, 15) is 4.79 Å². The van der Waals surface area contributed by atoms with Gasteiger partial charge in [0.15, 0.2) is 0 Å². The van der Waals surface area contributed by atoms with Crippen LogP contribution in [-0.4, -0.2) is 29.1 Å². The molecule has 0 fully saturated rings. The quantitative estimate of drug-likeness (QED) is 0.785. The Bertz CT molecular complexity index is 883. The predicted molar refractivity (Wildman–Crippen MR) is 94.5 cm³/mol. The van der Waals surface area contributed by atoms with Gasteiger partial charge in [-0.2, -0.15) is 0 Å². The van der Waals surface area contributed by atoms with E-state index in [0.29, 0.717) is 17.9 Å². The largest absolute Gasteiger partial charge is 0.496 e. The summed E-state index contributed by atoms with van der Waals surface area (Å²) >= 11 is 0. The normalized spacial score (nSPS) is 10.8. The number of aryl methyl sites for hydroxylation is 2. The van der Waals surface area contributed by atoms with E-state index in [0.717, 1.165) is 28.8 Å². The Labute approximate surface area is 141 Å². The van der Waals surface area contributed by atoms with Gasteiger partial charge in [-0.15, -0.1) is 0 Å². The lowest BCUT2D eigenvalue weighted by Crippen LogP contribution is -2.26. The standard InChI is InChI=1S/C19H21N3O2/c1-13-21-16-12-14(8-9-17(16)22(13)2)10-11-20-19(23)15-6-4-5-7-18(15)24-3/h4-9,12H,10-11H2,1-3H3,(H,20,23). The zero-order chi connectivity index (χ0) is 17.1. The minimum Gasteiger partial charge on any atom is -0.496 e. The van der Waals surface area contributed by atoms with Gasteiger partial charge in [0.2, 0.25) is 0 Å². The number of nitrogens with zero attached hydrogens (tertiary/aromatic N) is 2. The first-order valence-electron chi connectivity index (χ1n) is 7.93. The Morgan fingerprint density at radius 3 is 2.83 bits per heavy atom. The van der Waals surface area contributed by atoms with Crippen LogP contribution in [0.4, 0.5) is 0 Å². The van der Waals surface area contributed by atoms with Crippen LogP contribution in [-0.2, 0) is 13.5 Å². The lowest BCUT2D eigenvalue weighted by atomic mass is 10.1. The maximum absolute atomic E-state index is 12.3. The monoisotopic (exact) mass is 323 g/mol. The minimum atomic E-state index is -0.123. The summed E-state index contributed by atoms with van der Waals surface area (Å²) in [5.74, 6) is 1.45. The molecule has 3 rings (SSSR count). The molecule has 2 aromatic carbocycles. The SMILES string of the molecule is COc1ccccc1C(=O)NCCc1ccc2c(c1)nc(C)n2C. The van der Waals surface area contributed by atoms with E-state index >= 15 is 0 Å². The summed E-state index contributed by atoms with van der Waals surface area (Å²) in [5, 5.41) is 2.94. The predicted octanol–water partition coefficient (Wildman–Crippen LogP) is 2.86. The van der Waals surface area contributed by atoms with Crippen molar-refractivity contribution in [2.75, 3.05) is 13.7 Å².